The Hall–Kier alpha value is -2.86. The quantitative estimate of drug-likeness (QED) is 0.786. The predicted octanol–water partition coefficient (Wildman–Crippen LogP) is 2.26. The van der Waals surface area contributed by atoms with Gasteiger partial charge in [0.1, 0.15) is 5.75 Å². The molecule has 1 aliphatic heterocycles. The van der Waals surface area contributed by atoms with Crippen LogP contribution in [-0.2, 0) is 4.74 Å². The van der Waals surface area contributed by atoms with Crippen molar-refractivity contribution in [2.75, 3.05) is 26.8 Å². The number of hydrogen-bond acceptors (Lipinski definition) is 4. The fourth-order valence-electron chi connectivity index (χ4n) is 3.04. The molecule has 0 bridgehead atoms. The zero-order valence-electron chi connectivity index (χ0n) is 15.3. The van der Waals surface area contributed by atoms with Crippen LogP contribution in [0, 0.1) is 5.92 Å². The molecule has 27 heavy (non-hydrogen) atoms. The summed E-state index contributed by atoms with van der Waals surface area (Å²) in [4.78, 5) is 24.3. The highest BCUT2D eigenvalue weighted by molar-refractivity contribution is 5.94. The van der Waals surface area contributed by atoms with Crippen molar-refractivity contribution in [3.63, 3.8) is 0 Å². The Morgan fingerprint density at radius 3 is 2.26 bits per heavy atom. The Labute approximate surface area is 158 Å². The minimum absolute atomic E-state index is 0.0363. The molecule has 1 aliphatic rings. The van der Waals surface area contributed by atoms with Crippen molar-refractivity contribution in [1.29, 1.82) is 0 Å². The summed E-state index contributed by atoms with van der Waals surface area (Å²) in [7, 11) is 1.59. The Morgan fingerprint density at radius 2 is 1.59 bits per heavy atom. The van der Waals surface area contributed by atoms with Gasteiger partial charge in [-0.25, -0.2) is 0 Å². The maximum Gasteiger partial charge on any atom is 0.251 e. The molecule has 1 heterocycles. The van der Waals surface area contributed by atoms with Crippen LogP contribution in [0.25, 0.3) is 0 Å². The van der Waals surface area contributed by atoms with Gasteiger partial charge in [-0.15, -0.1) is 0 Å². The summed E-state index contributed by atoms with van der Waals surface area (Å²) in [6.07, 6.45) is 0.767. The summed E-state index contributed by atoms with van der Waals surface area (Å²) in [5.41, 5.74) is 1.24. The summed E-state index contributed by atoms with van der Waals surface area (Å²) >= 11 is 0. The summed E-state index contributed by atoms with van der Waals surface area (Å²) in [6, 6.07) is 16.1. The molecular weight excluding hydrogens is 344 g/mol. The molecule has 0 aliphatic carbocycles. The molecule has 1 fully saturated rings. The van der Waals surface area contributed by atoms with Gasteiger partial charge in [-0.2, -0.15) is 0 Å². The van der Waals surface area contributed by atoms with Gasteiger partial charge in [0.2, 0.25) is 0 Å². The summed E-state index contributed by atoms with van der Waals surface area (Å²) in [5.74, 6) is 0.751. The van der Waals surface area contributed by atoms with Gasteiger partial charge in [-0.3, -0.25) is 9.59 Å². The fourth-order valence-corrected chi connectivity index (χ4v) is 3.04. The number of hydrogen-bond donors (Lipinski definition) is 2. The minimum Gasteiger partial charge on any atom is -0.497 e. The first kappa shape index (κ1) is 18.9. The Morgan fingerprint density at radius 1 is 0.963 bits per heavy atom. The van der Waals surface area contributed by atoms with E-state index in [1.165, 1.54) is 0 Å². The normalized spacial score (nSPS) is 18.7. The van der Waals surface area contributed by atoms with Crippen LogP contribution in [0.4, 0.5) is 0 Å². The number of amides is 2. The first-order valence-corrected chi connectivity index (χ1v) is 9.03. The first-order valence-electron chi connectivity index (χ1n) is 9.03. The highest BCUT2D eigenvalue weighted by atomic mass is 16.5. The highest BCUT2D eigenvalue weighted by Crippen LogP contribution is 2.19. The average Bonchev–Trinajstić information content (AvgIpc) is 3.19. The summed E-state index contributed by atoms with van der Waals surface area (Å²) in [5, 5.41) is 5.84. The van der Waals surface area contributed by atoms with Crippen molar-refractivity contribution >= 4 is 11.8 Å². The van der Waals surface area contributed by atoms with Crippen molar-refractivity contribution < 1.29 is 19.1 Å². The molecule has 0 saturated carbocycles. The van der Waals surface area contributed by atoms with Crippen LogP contribution < -0.4 is 15.4 Å². The number of carbonyl (C=O) groups is 2. The van der Waals surface area contributed by atoms with Gasteiger partial charge in [0.25, 0.3) is 11.8 Å². The third-order valence-electron chi connectivity index (χ3n) is 4.59. The monoisotopic (exact) mass is 368 g/mol. The van der Waals surface area contributed by atoms with Crippen LogP contribution >= 0.6 is 0 Å². The number of ether oxygens (including phenoxy) is 2. The van der Waals surface area contributed by atoms with E-state index in [0.29, 0.717) is 36.6 Å². The molecule has 2 atom stereocenters. The standard InChI is InChI=1S/C21H24N2O4/c1-26-18-9-7-17(8-10-18)21(25)23-13-19-11-15(14-27-19)12-22-20(24)16-5-3-2-4-6-16/h2-10,15,19H,11-14H2,1H3,(H,22,24)(H,23,25)/t15-,19+/m1/s1. The Bertz CT molecular complexity index is 762. The molecule has 6 nitrogen and oxygen atoms in total. The van der Waals surface area contributed by atoms with E-state index in [2.05, 4.69) is 10.6 Å². The zero-order chi connectivity index (χ0) is 19.1. The van der Waals surface area contributed by atoms with Gasteiger partial charge in [0.05, 0.1) is 19.8 Å². The smallest absolute Gasteiger partial charge is 0.251 e. The van der Waals surface area contributed by atoms with Crippen LogP contribution in [0.5, 0.6) is 5.75 Å². The summed E-state index contributed by atoms with van der Waals surface area (Å²) in [6.45, 7) is 1.60. The average molecular weight is 368 g/mol. The third-order valence-corrected chi connectivity index (χ3v) is 4.59. The Balaban J connectivity index is 1.39. The molecule has 3 rings (SSSR count). The molecule has 2 amide bonds. The van der Waals surface area contributed by atoms with Gasteiger partial charge >= 0.3 is 0 Å². The second-order valence-electron chi connectivity index (χ2n) is 6.57. The second kappa shape index (κ2) is 9.19. The van der Waals surface area contributed by atoms with E-state index in [0.717, 1.165) is 6.42 Å². The van der Waals surface area contributed by atoms with Gasteiger partial charge < -0.3 is 20.1 Å². The number of methoxy groups -OCH3 is 1. The number of benzene rings is 2. The van der Waals surface area contributed by atoms with Crippen LogP contribution in [0.1, 0.15) is 27.1 Å². The number of rotatable bonds is 7. The molecule has 0 radical (unpaired) electrons. The lowest BCUT2D eigenvalue weighted by Crippen LogP contribution is -2.32. The molecule has 2 N–H and O–H groups in total. The van der Waals surface area contributed by atoms with Crippen molar-refractivity contribution in [1.82, 2.24) is 10.6 Å². The van der Waals surface area contributed by atoms with E-state index in [1.54, 1.807) is 43.5 Å². The van der Waals surface area contributed by atoms with Gasteiger partial charge in [0.15, 0.2) is 0 Å². The topological polar surface area (TPSA) is 76.7 Å². The van der Waals surface area contributed by atoms with E-state index in [1.807, 2.05) is 18.2 Å². The van der Waals surface area contributed by atoms with E-state index in [-0.39, 0.29) is 23.8 Å². The third kappa shape index (κ3) is 5.31. The minimum atomic E-state index is -0.137. The fraction of sp³-hybridized carbons (Fsp3) is 0.333. The molecule has 2 aromatic carbocycles. The van der Waals surface area contributed by atoms with Crippen LogP contribution in [0.2, 0.25) is 0 Å². The SMILES string of the molecule is COc1ccc(C(=O)NC[C@@H]2C[C@H](CNC(=O)c3ccccc3)CO2)cc1. The lowest BCUT2D eigenvalue weighted by atomic mass is 10.1. The molecule has 6 heteroatoms. The number of carbonyl (C=O) groups excluding carboxylic acids is 2. The highest BCUT2D eigenvalue weighted by Gasteiger charge is 2.26. The van der Waals surface area contributed by atoms with Crippen LogP contribution in [0.15, 0.2) is 54.6 Å². The van der Waals surface area contributed by atoms with Gasteiger partial charge in [-0.05, 0) is 42.8 Å². The van der Waals surface area contributed by atoms with E-state index < -0.39 is 0 Å². The van der Waals surface area contributed by atoms with Crippen LogP contribution in [-0.4, -0.2) is 44.7 Å². The van der Waals surface area contributed by atoms with Crippen molar-refractivity contribution in [2.45, 2.75) is 12.5 Å². The zero-order valence-corrected chi connectivity index (χ0v) is 15.3. The molecule has 0 spiro atoms. The first-order chi connectivity index (χ1) is 13.2. The maximum atomic E-state index is 12.2. The molecule has 1 saturated heterocycles. The van der Waals surface area contributed by atoms with E-state index >= 15 is 0 Å². The molecule has 0 unspecified atom stereocenters. The maximum absolute atomic E-state index is 12.2. The van der Waals surface area contributed by atoms with E-state index in [4.69, 9.17) is 9.47 Å². The summed E-state index contributed by atoms with van der Waals surface area (Å²) < 4.78 is 10.8. The molecule has 142 valence electrons. The van der Waals surface area contributed by atoms with Crippen LogP contribution in [0.3, 0.4) is 0 Å². The lowest BCUT2D eigenvalue weighted by Gasteiger charge is -2.12. The van der Waals surface area contributed by atoms with Gasteiger partial charge in [-0.1, -0.05) is 18.2 Å². The number of nitrogens with one attached hydrogen (secondary N) is 2. The second-order valence-corrected chi connectivity index (χ2v) is 6.57. The van der Waals surface area contributed by atoms with E-state index in [9.17, 15) is 9.59 Å². The van der Waals surface area contributed by atoms with Crippen molar-refractivity contribution in [3.8, 4) is 5.75 Å². The Kier molecular flexibility index (Phi) is 6.44. The molecule has 2 aromatic rings. The van der Waals surface area contributed by atoms with Crippen molar-refractivity contribution in [3.05, 3.63) is 65.7 Å². The predicted molar refractivity (Wildman–Crippen MR) is 102 cm³/mol. The lowest BCUT2D eigenvalue weighted by molar-refractivity contribution is 0.0843. The molecule has 0 aromatic heterocycles. The van der Waals surface area contributed by atoms with Crippen molar-refractivity contribution in [2.24, 2.45) is 5.92 Å². The van der Waals surface area contributed by atoms with Gasteiger partial charge in [0, 0.05) is 30.1 Å². The largest absolute Gasteiger partial charge is 0.497 e. The molecular formula is C21H24N2O4.